The fourth-order valence-electron chi connectivity index (χ4n) is 2.28. The molecule has 2 amide bonds. The summed E-state index contributed by atoms with van der Waals surface area (Å²) in [5.41, 5.74) is 0. The van der Waals surface area contributed by atoms with Crippen molar-refractivity contribution in [2.45, 2.75) is 13.0 Å². The third-order valence-electron chi connectivity index (χ3n) is 3.61. The van der Waals surface area contributed by atoms with E-state index in [4.69, 9.17) is 4.74 Å². The van der Waals surface area contributed by atoms with Crippen molar-refractivity contribution in [3.8, 4) is 0 Å². The highest BCUT2D eigenvalue weighted by Crippen LogP contribution is 2.02. The summed E-state index contributed by atoms with van der Waals surface area (Å²) in [6.07, 6.45) is 1.73. The van der Waals surface area contributed by atoms with Gasteiger partial charge in [0.05, 0.1) is 13.2 Å². The number of nitrogens with one attached hydrogen (secondary N) is 3. The van der Waals surface area contributed by atoms with Gasteiger partial charge in [-0.1, -0.05) is 6.07 Å². The van der Waals surface area contributed by atoms with E-state index in [9.17, 15) is 4.79 Å². The number of aromatic nitrogens is 1. The standard InChI is InChI=1S/C15H25N5O2/c1-13(20-8-10-22-11-9-20)12-19-15(21)18-7-6-17-14-4-2-3-5-16-14/h2-5,13H,6-12H2,1H3,(H,16,17)(H2,18,19,21)/t13-/m1/s1. The summed E-state index contributed by atoms with van der Waals surface area (Å²) >= 11 is 0. The Kier molecular flexibility index (Phi) is 6.92. The lowest BCUT2D eigenvalue weighted by atomic mass is 10.2. The molecular weight excluding hydrogens is 282 g/mol. The summed E-state index contributed by atoms with van der Waals surface area (Å²) < 4.78 is 5.32. The van der Waals surface area contributed by atoms with Crippen LogP contribution in [0.5, 0.6) is 0 Å². The Morgan fingerprint density at radius 3 is 2.86 bits per heavy atom. The normalized spacial score (nSPS) is 16.8. The van der Waals surface area contributed by atoms with Crippen molar-refractivity contribution < 1.29 is 9.53 Å². The van der Waals surface area contributed by atoms with Gasteiger partial charge in [-0.25, -0.2) is 9.78 Å². The zero-order valence-corrected chi connectivity index (χ0v) is 13.0. The van der Waals surface area contributed by atoms with E-state index in [1.54, 1.807) is 6.20 Å². The summed E-state index contributed by atoms with van der Waals surface area (Å²) in [5, 5.41) is 8.87. The number of hydrogen-bond acceptors (Lipinski definition) is 5. The van der Waals surface area contributed by atoms with E-state index in [0.29, 0.717) is 25.7 Å². The van der Waals surface area contributed by atoms with Gasteiger partial charge in [0.1, 0.15) is 5.82 Å². The summed E-state index contributed by atoms with van der Waals surface area (Å²) in [6.45, 7) is 7.36. The fourth-order valence-corrected chi connectivity index (χ4v) is 2.28. The molecule has 22 heavy (non-hydrogen) atoms. The first-order valence-corrected chi connectivity index (χ1v) is 7.74. The molecule has 1 atom stereocenters. The van der Waals surface area contributed by atoms with Crippen LogP contribution in [0.4, 0.5) is 10.6 Å². The number of carbonyl (C=O) groups is 1. The van der Waals surface area contributed by atoms with Crippen molar-refractivity contribution in [2.24, 2.45) is 0 Å². The number of pyridine rings is 1. The minimum absolute atomic E-state index is 0.136. The minimum atomic E-state index is -0.136. The van der Waals surface area contributed by atoms with Crippen LogP contribution >= 0.6 is 0 Å². The molecule has 0 aliphatic carbocycles. The molecule has 1 saturated heterocycles. The second-order valence-electron chi connectivity index (χ2n) is 5.28. The van der Waals surface area contributed by atoms with Crippen molar-refractivity contribution in [3.63, 3.8) is 0 Å². The van der Waals surface area contributed by atoms with Crippen LogP contribution in [0.1, 0.15) is 6.92 Å². The maximum atomic E-state index is 11.7. The van der Waals surface area contributed by atoms with Crippen molar-refractivity contribution >= 4 is 11.8 Å². The lowest BCUT2D eigenvalue weighted by Gasteiger charge is -2.32. The number of rotatable bonds is 7. The molecule has 1 fully saturated rings. The Bertz CT molecular complexity index is 437. The van der Waals surface area contributed by atoms with Crippen molar-refractivity contribution in [3.05, 3.63) is 24.4 Å². The molecule has 1 aliphatic rings. The summed E-state index contributed by atoms with van der Waals surface area (Å²) in [6, 6.07) is 5.86. The van der Waals surface area contributed by atoms with Crippen molar-refractivity contribution in [1.82, 2.24) is 20.5 Å². The Morgan fingerprint density at radius 1 is 1.32 bits per heavy atom. The van der Waals surface area contributed by atoms with E-state index in [1.165, 1.54) is 0 Å². The molecule has 1 aliphatic heterocycles. The average molecular weight is 307 g/mol. The zero-order valence-electron chi connectivity index (χ0n) is 13.0. The van der Waals surface area contributed by atoms with E-state index in [2.05, 4.69) is 32.8 Å². The molecule has 0 bridgehead atoms. The van der Waals surface area contributed by atoms with E-state index in [0.717, 1.165) is 32.1 Å². The van der Waals surface area contributed by atoms with Crippen LogP contribution in [-0.4, -0.2) is 67.9 Å². The SMILES string of the molecule is C[C@H](CNC(=O)NCCNc1ccccn1)N1CCOCC1. The molecule has 122 valence electrons. The van der Waals surface area contributed by atoms with Gasteiger partial charge in [0.25, 0.3) is 0 Å². The van der Waals surface area contributed by atoms with Crippen LogP contribution in [-0.2, 0) is 4.74 Å². The molecule has 0 unspecified atom stereocenters. The number of morpholine rings is 1. The predicted octanol–water partition coefficient (Wildman–Crippen LogP) is 0.513. The van der Waals surface area contributed by atoms with Crippen LogP contribution in [0.2, 0.25) is 0 Å². The highest BCUT2D eigenvalue weighted by Gasteiger charge is 2.17. The number of urea groups is 1. The molecule has 2 rings (SSSR count). The first kappa shape index (κ1) is 16.5. The van der Waals surface area contributed by atoms with Crippen LogP contribution in [0.3, 0.4) is 0 Å². The van der Waals surface area contributed by atoms with Gasteiger partial charge >= 0.3 is 6.03 Å². The Balaban J connectivity index is 1.54. The summed E-state index contributed by atoms with van der Waals surface area (Å²) in [4.78, 5) is 18.2. The number of amides is 2. The molecule has 0 saturated carbocycles. The lowest BCUT2D eigenvalue weighted by molar-refractivity contribution is 0.0209. The third kappa shape index (κ3) is 5.87. The largest absolute Gasteiger partial charge is 0.379 e. The quantitative estimate of drug-likeness (QED) is 0.640. The van der Waals surface area contributed by atoms with E-state index >= 15 is 0 Å². The maximum Gasteiger partial charge on any atom is 0.314 e. The number of ether oxygens (including phenoxy) is 1. The second kappa shape index (κ2) is 9.22. The van der Waals surface area contributed by atoms with Gasteiger partial charge in [0, 0.05) is 45.0 Å². The zero-order chi connectivity index (χ0) is 15.6. The first-order chi connectivity index (χ1) is 10.8. The van der Waals surface area contributed by atoms with Crippen molar-refractivity contribution in [2.75, 3.05) is 51.3 Å². The molecule has 0 radical (unpaired) electrons. The van der Waals surface area contributed by atoms with Crippen LogP contribution in [0, 0.1) is 0 Å². The first-order valence-electron chi connectivity index (χ1n) is 7.74. The highest BCUT2D eigenvalue weighted by molar-refractivity contribution is 5.73. The Hall–Kier alpha value is -1.86. The molecule has 0 spiro atoms. The smallest absolute Gasteiger partial charge is 0.314 e. The van der Waals surface area contributed by atoms with E-state index < -0.39 is 0 Å². The Morgan fingerprint density at radius 2 is 2.14 bits per heavy atom. The molecule has 1 aromatic rings. The van der Waals surface area contributed by atoms with E-state index in [-0.39, 0.29) is 6.03 Å². The van der Waals surface area contributed by atoms with Gasteiger partial charge in [-0.15, -0.1) is 0 Å². The van der Waals surface area contributed by atoms with Crippen LogP contribution in [0.25, 0.3) is 0 Å². The van der Waals surface area contributed by atoms with Gasteiger partial charge in [-0.05, 0) is 19.1 Å². The third-order valence-corrected chi connectivity index (χ3v) is 3.61. The van der Waals surface area contributed by atoms with Crippen LogP contribution in [0.15, 0.2) is 24.4 Å². The predicted molar refractivity (Wildman–Crippen MR) is 86.0 cm³/mol. The van der Waals surface area contributed by atoms with Crippen molar-refractivity contribution in [1.29, 1.82) is 0 Å². The monoisotopic (exact) mass is 307 g/mol. The topological polar surface area (TPSA) is 78.5 Å². The number of nitrogens with zero attached hydrogens (tertiary/aromatic N) is 2. The number of hydrogen-bond donors (Lipinski definition) is 3. The van der Waals surface area contributed by atoms with Gasteiger partial charge < -0.3 is 20.7 Å². The number of carbonyl (C=O) groups excluding carboxylic acids is 1. The lowest BCUT2D eigenvalue weighted by Crippen LogP contribution is -2.49. The molecule has 0 aromatic carbocycles. The minimum Gasteiger partial charge on any atom is -0.379 e. The van der Waals surface area contributed by atoms with Gasteiger partial charge in [-0.3, -0.25) is 4.90 Å². The molecule has 3 N–H and O–H groups in total. The Labute approximate surface area is 131 Å². The summed E-state index contributed by atoms with van der Waals surface area (Å²) in [7, 11) is 0. The molecular formula is C15H25N5O2. The molecule has 2 heterocycles. The van der Waals surface area contributed by atoms with Gasteiger partial charge in [0.2, 0.25) is 0 Å². The molecule has 1 aromatic heterocycles. The van der Waals surface area contributed by atoms with Crippen LogP contribution < -0.4 is 16.0 Å². The molecule has 7 heteroatoms. The maximum absolute atomic E-state index is 11.7. The fraction of sp³-hybridized carbons (Fsp3) is 0.600. The molecule has 7 nitrogen and oxygen atoms in total. The second-order valence-corrected chi connectivity index (χ2v) is 5.28. The van der Waals surface area contributed by atoms with E-state index in [1.807, 2.05) is 18.2 Å². The average Bonchev–Trinajstić information content (AvgIpc) is 2.58. The number of anilines is 1. The van der Waals surface area contributed by atoms with Gasteiger partial charge in [-0.2, -0.15) is 0 Å². The van der Waals surface area contributed by atoms with Gasteiger partial charge in [0.15, 0.2) is 0 Å². The highest BCUT2D eigenvalue weighted by atomic mass is 16.5. The summed E-state index contributed by atoms with van der Waals surface area (Å²) in [5.74, 6) is 0.811.